The van der Waals surface area contributed by atoms with Crippen LogP contribution in [0.2, 0.25) is 0 Å². The summed E-state index contributed by atoms with van der Waals surface area (Å²) in [5.41, 5.74) is 1.40. The van der Waals surface area contributed by atoms with Crippen molar-refractivity contribution in [2.45, 2.75) is 19.4 Å². The second kappa shape index (κ2) is 5.96. The lowest BCUT2D eigenvalue weighted by molar-refractivity contribution is 0.554. The molecule has 0 aromatic carbocycles. The molecule has 2 rings (SSSR count). The Morgan fingerprint density at radius 1 is 1.38 bits per heavy atom. The summed E-state index contributed by atoms with van der Waals surface area (Å²) in [7, 11) is 0. The normalized spacial score (nSPS) is 12.9. The molecule has 0 saturated heterocycles. The van der Waals surface area contributed by atoms with Gasteiger partial charge in [0.25, 0.3) is 0 Å². The van der Waals surface area contributed by atoms with Gasteiger partial charge in [0.15, 0.2) is 0 Å². The Bertz CT molecular complexity index is 422. The van der Waals surface area contributed by atoms with Crippen LogP contribution in [0, 0.1) is 0 Å². The summed E-state index contributed by atoms with van der Waals surface area (Å²) >= 11 is 7.17. The fourth-order valence-electron chi connectivity index (χ4n) is 1.68. The van der Waals surface area contributed by atoms with Crippen LogP contribution in [0.5, 0.6) is 0 Å². The molecular weight excluding hydrogens is 302 g/mol. The van der Waals surface area contributed by atoms with Crippen molar-refractivity contribution in [1.29, 1.82) is 0 Å². The van der Waals surface area contributed by atoms with E-state index in [9.17, 15) is 0 Å². The average Bonchev–Trinajstić information content (AvgIpc) is 2.90. The number of hydrogen-bond acceptors (Lipinski definition) is 3. The highest BCUT2D eigenvalue weighted by atomic mass is 79.9. The highest BCUT2D eigenvalue weighted by molar-refractivity contribution is 9.10. The van der Waals surface area contributed by atoms with Crippen LogP contribution in [0.25, 0.3) is 0 Å². The minimum atomic E-state index is 0.436. The van der Waals surface area contributed by atoms with E-state index in [4.69, 9.17) is 0 Å². The molecule has 2 aromatic heterocycles. The smallest absolute Gasteiger partial charge is 0.0377 e. The predicted octanol–water partition coefficient (Wildman–Crippen LogP) is 4.47. The van der Waals surface area contributed by atoms with Crippen LogP contribution in [-0.2, 0) is 6.42 Å². The number of halogens is 1. The molecule has 16 heavy (non-hydrogen) atoms. The van der Waals surface area contributed by atoms with Gasteiger partial charge in [0, 0.05) is 21.8 Å². The zero-order valence-corrected chi connectivity index (χ0v) is 12.3. The van der Waals surface area contributed by atoms with E-state index >= 15 is 0 Å². The van der Waals surface area contributed by atoms with E-state index in [2.05, 4.69) is 56.4 Å². The van der Waals surface area contributed by atoms with Gasteiger partial charge in [-0.25, -0.2) is 0 Å². The van der Waals surface area contributed by atoms with Crippen LogP contribution < -0.4 is 5.32 Å². The summed E-state index contributed by atoms with van der Waals surface area (Å²) < 4.78 is 1.23. The van der Waals surface area contributed by atoms with Gasteiger partial charge in [-0.3, -0.25) is 0 Å². The molecule has 1 unspecified atom stereocenters. The molecule has 0 fully saturated rings. The fraction of sp³-hybridized carbons (Fsp3) is 0.333. The van der Waals surface area contributed by atoms with E-state index in [0.29, 0.717) is 6.04 Å². The summed E-state index contributed by atoms with van der Waals surface area (Å²) in [4.78, 5) is 1.41. The van der Waals surface area contributed by atoms with Crippen molar-refractivity contribution in [2.75, 3.05) is 6.54 Å². The quantitative estimate of drug-likeness (QED) is 0.858. The van der Waals surface area contributed by atoms with E-state index in [-0.39, 0.29) is 0 Å². The van der Waals surface area contributed by atoms with Crippen LogP contribution in [0.15, 0.2) is 32.7 Å². The van der Waals surface area contributed by atoms with E-state index < -0.39 is 0 Å². The maximum atomic E-state index is 3.59. The highest BCUT2D eigenvalue weighted by Gasteiger charge is 2.13. The summed E-state index contributed by atoms with van der Waals surface area (Å²) in [6.07, 6.45) is 1.06. The largest absolute Gasteiger partial charge is 0.310 e. The Hall–Kier alpha value is -0.160. The van der Waals surface area contributed by atoms with Gasteiger partial charge in [-0.1, -0.05) is 6.92 Å². The maximum Gasteiger partial charge on any atom is 0.0377 e. The third-order valence-electron chi connectivity index (χ3n) is 2.48. The van der Waals surface area contributed by atoms with Gasteiger partial charge >= 0.3 is 0 Å². The maximum absolute atomic E-state index is 3.59. The van der Waals surface area contributed by atoms with Crippen molar-refractivity contribution >= 4 is 38.6 Å². The molecule has 2 heterocycles. The second-order valence-electron chi connectivity index (χ2n) is 3.56. The predicted molar refractivity (Wildman–Crippen MR) is 76.5 cm³/mol. The Balaban J connectivity index is 2.12. The Kier molecular flexibility index (Phi) is 4.58. The molecule has 86 valence electrons. The van der Waals surface area contributed by atoms with E-state index in [0.717, 1.165) is 13.0 Å². The first-order chi connectivity index (χ1) is 7.81. The van der Waals surface area contributed by atoms with E-state index in [1.165, 1.54) is 14.9 Å². The lowest BCUT2D eigenvalue weighted by Gasteiger charge is -2.16. The van der Waals surface area contributed by atoms with Crippen molar-refractivity contribution in [1.82, 2.24) is 5.32 Å². The van der Waals surface area contributed by atoms with Gasteiger partial charge in [-0.05, 0) is 56.3 Å². The summed E-state index contributed by atoms with van der Waals surface area (Å²) in [6.45, 7) is 3.16. The molecule has 0 bridgehead atoms. The van der Waals surface area contributed by atoms with E-state index in [1.807, 2.05) is 11.3 Å². The molecule has 0 aliphatic rings. The topological polar surface area (TPSA) is 12.0 Å². The molecule has 0 aliphatic heterocycles. The van der Waals surface area contributed by atoms with Crippen molar-refractivity contribution in [3.8, 4) is 0 Å². The third kappa shape index (κ3) is 2.94. The highest BCUT2D eigenvalue weighted by Crippen LogP contribution is 2.28. The first-order valence-electron chi connectivity index (χ1n) is 5.28. The Morgan fingerprint density at radius 3 is 2.81 bits per heavy atom. The van der Waals surface area contributed by atoms with E-state index in [1.54, 1.807) is 11.3 Å². The number of thiophene rings is 2. The molecule has 0 saturated carbocycles. The monoisotopic (exact) mass is 315 g/mol. The van der Waals surface area contributed by atoms with Crippen molar-refractivity contribution < 1.29 is 0 Å². The molecule has 0 spiro atoms. The van der Waals surface area contributed by atoms with Crippen LogP contribution in [0.1, 0.15) is 23.4 Å². The van der Waals surface area contributed by atoms with Crippen LogP contribution >= 0.6 is 38.6 Å². The molecule has 0 radical (unpaired) electrons. The van der Waals surface area contributed by atoms with Gasteiger partial charge < -0.3 is 5.32 Å². The zero-order valence-electron chi connectivity index (χ0n) is 9.07. The van der Waals surface area contributed by atoms with Crippen molar-refractivity contribution in [3.63, 3.8) is 0 Å². The van der Waals surface area contributed by atoms with Crippen LogP contribution in [-0.4, -0.2) is 6.54 Å². The molecule has 1 N–H and O–H groups in total. The third-order valence-corrected chi connectivity index (χ3v) is 5.13. The van der Waals surface area contributed by atoms with Gasteiger partial charge in [0.1, 0.15) is 0 Å². The molecule has 4 heteroatoms. The second-order valence-corrected chi connectivity index (χ2v) is 6.20. The summed E-state index contributed by atoms with van der Waals surface area (Å²) in [5, 5.41) is 10.1. The Morgan fingerprint density at radius 2 is 2.25 bits per heavy atom. The summed E-state index contributed by atoms with van der Waals surface area (Å²) in [5.74, 6) is 0. The molecule has 1 atom stereocenters. The minimum Gasteiger partial charge on any atom is -0.310 e. The molecule has 0 aliphatic carbocycles. The molecular formula is C12H14BrNS2. The van der Waals surface area contributed by atoms with Gasteiger partial charge in [0.05, 0.1) is 0 Å². The average molecular weight is 316 g/mol. The number of hydrogen-bond donors (Lipinski definition) is 1. The van der Waals surface area contributed by atoms with Crippen molar-refractivity contribution in [3.05, 3.63) is 43.2 Å². The number of likely N-dealkylation sites (N-methyl/N-ethyl adjacent to an activating group) is 1. The summed E-state index contributed by atoms with van der Waals surface area (Å²) in [6, 6.07) is 4.77. The lowest BCUT2D eigenvalue weighted by atomic mass is 10.1. The number of nitrogens with one attached hydrogen (secondary N) is 1. The minimum absolute atomic E-state index is 0.436. The lowest BCUT2D eigenvalue weighted by Crippen LogP contribution is -2.22. The van der Waals surface area contributed by atoms with Gasteiger partial charge in [-0.2, -0.15) is 11.3 Å². The van der Waals surface area contributed by atoms with Crippen LogP contribution in [0.4, 0.5) is 0 Å². The Labute approximate surface area is 113 Å². The molecule has 2 aromatic rings. The zero-order chi connectivity index (χ0) is 11.4. The first kappa shape index (κ1) is 12.3. The fourth-order valence-corrected chi connectivity index (χ4v) is 3.96. The van der Waals surface area contributed by atoms with Gasteiger partial charge in [0.2, 0.25) is 0 Å². The first-order valence-corrected chi connectivity index (χ1v) is 7.90. The van der Waals surface area contributed by atoms with Crippen molar-refractivity contribution in [2.24, 2.45) is 0 Å². The van der Waals surface area contributed by atoms with Crippen LogP contribution in [0.3, 0.4) is 0 Å². The molecule has 1 nitrogen and oxygen atoms in total. The standard InChI is InChI=1S/C12H14BrNS2/c1-2-14-11(9-3-5-15-8-9)7-12-10(13)4-6-16-12/h3-6,8,11,14H,2,7H2,1H3. The number of rotatable bonds is 5. The SMILES string of the molecule is CCNC(Cc1sccc1Br)c1ccsc1. The van der Waals surface area contributed by atoms with Gasteiger partial charge in [-0.15, -0.1) is 11.3 Å². The molecule has 0 amide bonds.